The first-order valence-corrected chi connectivity index (χ1v) is 6.17. The summed E-state index contributed by atoms with van der Waals surface area (Å²) in [6.07, 6.45) is 1.32. The molecule has 102 valence electrons. The van der Waals surface area contributed by atoms with E-state index >= 15 is 0 Å². The van der Waals surface area contributed by atoms with Crippen LogP contribution in [0.5, 0.6) is 0 Å². The summed E-state index contributed by atoms with van der Waals surface area (Å²) in [5, 5.41) is 9.01. The molecule has 0 fully saturated rings. The number of hydrogen-bond donors (Lipinski definition) is 1. The van der Waals surface area contributed by atoms with Crippen LogP contribution in [0.4, 0.5) is 0 Å². The highest BCUT2D eigenvalue weighted by Crippen LogP contribution is 2.16. The van der Waals surface area contributed by atoms with E-state index in [9.17, 15) is 9.59 Å². The minimum atomic E-state index is -1.29. The fraction of sp³-hybridized carbons (Fsp3) is 0.333. The predicted octanol–water partition coefficient (Wildman–Crippen LogP) is 2.84. The fourth-order valence-corrected chi connectivity index (χ4v) is 1.56. The molecule has 4 heteroatoms. The summed E-state index contributed by atoms with van der Waals surface area (Å²) >= 11 is 0. The Kier molecular flexibility index (Phi) is 5.30. The number of esters is 1. The standard InChI is InChI=1S/C15H18O4/c1-4-19-15(18)13(14(16)17)9-11-5-7-12(8-6-11)10(2)3/h5-10H,4H2,1-3H3,(H,16,17). The van der Waals surface area contributed by atoms with Gasteiger partial charge < -0.3 is 9.84 Å². The molecule has 0 amide bonds. The zero-order valence-electron chi connectivity index (χ0n) is 11.3. The Morgan fingerprint density at radius 2 is 1.84 bits per heavy atom. The molecule has 1 N–H and O–H groups in total. The van der Waals surface area contributed by atoms with E-state index in [0.29, 0.717) is 11.5 Å². The first-order chi connectivity index (χ1) is 8.95. The minimum absolute atomic E-state index is 0.149. The maximum absolute atomic E-state index is 11.5. The van der Waals surface area contributed by atoms with Crippen LogP contribution in [-0.2, 0) is 14.3 Å². The SMILES string of the molecule is CCOC(=O)C(=Cc1ccc(C(C)C)cc1)C(=O)O. The van der Waals surface area contributed by atoms with Gasteiger partial charge in [0.1, 0.15) is 5.57 Å². The smallest absolute Gasteiger partial charge is 0.345 e. The first kappa shape index (κ1) is 15.0. The molecule has 1 aromatic carbocycles. The van der Waals surface area contributed by atoms with Gasteiger partial charge in [-0.1, -0.05) is 38.1 Å². The van der Waals surface area contributed by atoms with Crippen molar-refractivity contribution >= 4 is 18.0 Å². The average Bonchev–Trinajstić information content (AvgIpc) is 2.36. The molecule has 0 radical (unpaired) electrons. The van der Waals surface area contributed by atoms with Crippen molar-refractivity contribution in [2.24, 2.45) is 0 Å². The molecule has 1 aromatic rings. The molecular weight excluding hydrogens is 244 g/mol. The maximum Gasteiger partial charge on any atom is 0.345 e. The van der Waals surface area contributed by atoms with Crippen LogP contribution in [-0.4, -0.2) is 23.7 Å². The fourth-order valence-electron chi connectivity index (χ4n) is 1.56. The zero-order valence-corrected chi connectivity index (χ0v) is 11.3. The van der Waals surface area contributed by atoms with Crippen LogP contribution >= 0.6 is 0 Å². The Bertz CT molecular complexity index is 483. The van der Waals surface area contributed by atoms with Crippen LogP contribution in [0.15, 0.2) is 29.8 Å². The van der Waals surface area contributed by atoms with Crippen molar-refractivity contribution in [1.82, 2.24) is 0 Å². The third-order valence-corrected chi connectivity index (χ3v) is 2.64. The summed E-state index contributed by atoms with van der Waals surface area (Å²) in [6, 6.07) is 7.41. The number of benzene rings is 1. The van der Waals surface area contributed by atoms with Crippen LogP contribution in [0.3, 0.4) is 0 Å². The van der Waals surface area contributed by atoms with Gasteiger partial charge in [-0.05, 0) is 30.0 Å². The summed E-state index contributed by atoms with van der Waals surface area (Å²) in [5.41, 5.74) is 1.46. The number of rotatable bonds is 5. The van der Waals surface area contributed by atoms with Gasteiger partial charge in [0.05, 0.1) is 6.61 Å². The van der Waals surface area contributed by atoms with Crippen LogP contribution in [0.25, 0.3) is 6.08 Å². The van der Waals surface area contributed by atoms with Gasteiger partial charge in [0, 0.05) is 0 Å². The van der Waals surface area contributed by atoms with E-state index in [0.717, 1.165) is 5.56 Å². The van der Waals surface area contributed by atoms with Crippen molar-refractivity contribution in [3.63, 3.8) is 0 Å². The van der Waals surface area contributed by atoms with E-state index in [1.165, 1.54) is 6.08 Å². The van der Waals surface area contributed by atoms with Crippen molar-refractivity contribution in [2.75, 3.05) is 6.61 Å². The van der Waals surface area contributed by atoms with Crippen molar-refractivity contribution in [3.05, 3.63) is 41.0 Å². The molecule has 0 atom stereocenters. The highest BCUT2D eigenvalue weighted by Gasteiger charge is 2.18. The maximum atomic E-state index is 11.5. The monoisotopic (exact) mass is 262 g/mol. The molecule has 0 saturated carbocycles. The summed E-state index contributed by atoms with van der Waals surface area (Å²) in [5.74, 6) is -1.70. The second-order valence-corrected chi connectivity index (χ2v) is 4.41. The van der Waals surface area contributed by atoms with Crippen LogP contribution in [0.1, 0.15) is 37.8 Å². The predicted molar refractivity (Wildman–Crippen MR) is 72.8 cm³/mol. The topological polar surface area (TPSA) is 63.6 Å². The van der Waals surface area contributed by atoms with Crippen LogP contribution < -0.4 is 0 Å². The molecule has 0 spiro atoms. The second-order valence-electron chi connectivity index (χ2n) is 4.41. The lowest BCUT2D eigenvalue weighted by Crippen LogP contribution is -2.15. The van der Waals surface area contributed by atoms with Crippen molar-refractivity contribution in [3.8, 4) is 0 Å². The molecular formula is C15H18O4. The van der Waals surface area contributed by atoms with Crippen LogP contribution in [0, 0.1) is 0 Å². The molecule has 0 heterocycles. The van der Waals surface area contributed by atoms with Crippen molar-refractivity contribution in [2.45, 2.75) is 26.7 Å². The largest absolute Gasteiger partial charge is 0.477 e. The molecule has 0 aromatic heterocycles. The van der Waals surface area contributed by atoms with E-state index in [1.54, 1.807) is 19.1 Å². The summed E-state index contributed by atoms with van der Waals surface area (Å²) in [7, 11) is 0. The number of hydrogen-bond acceptors (Lipinski definition) is 3. The minimum Gasteiger partial charge on any atom is -0.477 e. The zero-order chi connectivity index (χ0) is 14.4. The van der Waals surface area contributed by atoms with Crippen molar-refractivity contribution in [1.29, 1.82) is 0 Å². The number of carboxylic acid groups (broad SMARTS) is 1. The lowest BCUT2D eigenvalue weighted by molar-refractivity contribution is -0.143. The Hall–Kier alpha value is -2.10. The van der Waals surface area contributed by atoms with E-state index < -0.39 is 11.9 Å². The molecule has 0 aliphatic carbocycles. The third kappa shape index (κ3) is 4.25. The second kappa shape index (κ2) is 6.73. The average molecular weight is 262 g/mol. The number of carbonyl (C=O) groups is 2. The highest BCUT2D eigenvalue weighted by atomic mass is 16.5. The lowest BCUT2D eigenvalue weighted by atomic mass is 10.0. The molecule has 0 aliphatic heterocycles. The van der Waals surface area contributed by atoms with Crippen molar-refractivity contribution < 1.29 is 19.4 Å². The van der Waals surface area contributed by atoms with Gasteiger partial charge in [0.25, 0.3) is 0 Å². The van der Waals surface area contributed by atoms with Gasteiger partial charge >= 0.3 is 11.9 Å². The number of ether oxygens (including phenoxy) is 1. The Morgan fingerprint density at radius 3 is 2.26 bits per heavy atom. The summed E-state index contributed by atoms with van der Waals surface area (Å²) in [4.78, 5) is 22.5. The normalized spacial score (nSPS) is 11.5. The molecule has 4 nitrogen and oxygen atoms in total. The number of carboxylic acids is 1. The quantitative estimate of drug-likeness (QED) is 0.383. The van der Waals surface area contributed by atoms with E-state index in [1.807, 2.05) is 12.1 Å². The van der Waals surface area contributed by atoms with Crippen LogP contribution in [0.2, 0.25) is 0 Å². The highest BCUT2D eigenvalue weighted by molar-refractivity contribution is 6.16. The molecule has 0 unspecified atom stereocenters. The van der Waals surface area contributed by atoms with Gasteiger partial charge in [0.2, 0.25) is 0 Å². The number of carbonyl (C=O) groups excluding carboxylic acids is 1. The van der Waals surface area contributed by atoms with E-state index in [4.69, 9.17) is 9.84 Å². The number of aliphatic carboxylic acids is 1. The van der Waals surface area contributed by atoms with Gasteiger partial charge in [-0.3, -0.25) is 0 Å². The molecule has 0 aliphatic rings. The lowest BCUT2D eigenvalue weighted by Gasteiger charge is -2.06. The molecule has 0 saturated heterocycles. The summed E-state index contributed by atoms with van der Waals surface area (Å²) in [6.45, 7) is 5.93. The Morgan fingerprint density at radius 1 is 1.26 bits per heavy atom. The Labute approximate surface area is 112 Å². The summed E-state index contributed by atoms with van der Waals surface area (Å²) < 4.78 is 4.71. The molecule has 0 bridgehead atoms. The van der Waals surface area contributed by atoms with Gasteiger partial charge in [-0.2, -0.15) is 0 Å². The third-order valence-electron chi connectivity index (χ3n) is 2.64. The Balaban J connectivity index is 3.02. The molecule has 1 rings (SSSR count). The van der Waals surface area contributed by atoms with Gasteiger partial charge in [-0.15, -0.1) is 0 Å². The van der Waals surface area contributed by atoms with Gasteiger partial charge in [-0.25, -0.2) is 9.59 Å². The van der Waals surface area contributed by atoms with E-state index in [-0.39, 0.29) is 12.2 Å². The molecule has 19 heavy (non-hydrogen) atoms. The van der Waals surface area contributed by atoms with Gasteiger partial charge in [0.15, 0.2) is 0 Å². The first-order valence-electron chi connectivity index (χ1n) is 6.17. The van der Waals surface area contributed by atoms with E-state index in [2.05, 4.69) is 13.8 Å².